The predicted octanol–water partition coefficient (Wildman–Crippen LogP) is 2.89. The van der Waals surface area contributed by atoms with Crippen molar-refractivity contribution in [2.24, 2.45) is 7.05 Å². The van der Waals surface area contributed by atoms with Crippen LogP contribution < -0.4 is 5.56 Å². The number of nitrogens with one attached hydrogen (secondary N) is 1. The number of H-pyrrole nitrogens is 1. The lowest BCUT2D eigenvalue weighted by Crippen LogP contribution is -2.20. The number of rotatable bonds is 0. The van der Waals surface area contributed by atoms with Crippen LogP contribution in [0.5, 0.6) is 0 Å². The van der Waals surface area contributed by atoms with Gasteiger partial charge in [-0.25, -0.2) is 0 Å². The maximum absolute atomic E-state index is 12.1. The quantitative estimate of drug-likeness (QED) is 0.728. The van der Waals surface area contributed by atoms with E-state index in [1.807, 2.05) is 18.2 Å². The second kappa shape index (κ2) is 3.81. The van der Waals surface area contributed by atoms with E-state index in [1.165, 1.54) is 4.57 Å². The summed E-state index contributed by atoms with van der Waals surface area (Å²) in [7, 11) is 1.68. The highest BCUT2D eigenvalue weighted by Gasteiger charge is 2.15. The Labute approximate surface area is 105 Å². The highest BCUT2D eigenvalue weighted by atomic mass is 32.1. The molecule has 2 aromatic rings. The van der Waals surface area contributed by atoms with Crippen LogP contribution in [0.2, 0.25) is 0 Å². The molecule has 0 atom stereocenters. The molecule has 0 radical (unpaired) electrons. The first-order valence-corrected chi connectivity index (χ1v) is 5.95. The maximum Gasteiger partial charge on any atom is 0.261 e. The van der Waals surface area contributed by atoms with Crippen LogP contribution in [0.25, 0.3) is 10.9 Å². The normalized spacial score (nSPS) is 12.0. The average molecular weight is 248 g/mol. The molecule has 1 aromatic heterocycles. The highest BCUT2D eigenvalue weighted by Crippen LogP contribution is 2.24. The summed E-state index contributed by atoms with van der Waals surface area (Å²) >= 11 is 5.08. The summed E-state index contributed by atoms with van der Waals surface area (Å²) in [6.45, 7) is 6.39. The van der Waals surface area contributed by atoms with Gasteiger partial charge in [-0.3, -0.25) is 9.36 Å². The lowest BCUT2D eigenvalue weighted by Gasteiger charge is -2.19. The molecular formula is C13H16N2OS. The Morgan fingerprint density at radius 1 is 1.29 bits per heavy atom. The maximum atomic E-state index is 12.1. The molecule has 0 saturated heterocycles. The highest BCUT2D eigenvalue weighted by molar-refractivity contribution is 7.71. The van der Waals surface area contributed by atoms with Crippen LogP contribution in [0.15, 0.2) is 23.0 Å². The number of hydrogen-bond acceptors (Lipinski definition) is 2. The van der Waals surface area contributed by atoms with Crippen LogP contribution >= 0.6 is 12.2 Å². The molecule has 2 rings (SSSR count). The van der Waals surface area contributed by atoms with Gasteiger partial charge in [-0.05, 0) is 35.3 Å². The molecule has 1 heterocycles. The van der Waals surface area contributed by atoms with Gasteiger partial charge in [0.2, 0.25) is 0 Å². The number of hydrogen-bond donors (Lipinski definition) is 1. The molecule has 90 valence electrons. The van der Waals surface area contributed by atoms with Crippen molar-refractivity contribution in [2.45, 2.75) is 26.2 Å². The first-order chi connectivity index (χ1) is 7.80. The van der Waals surface area contributed by atoms with E-state index in [4.69, 9.17) is 12.2 Å². The molecule has 0 fully saturated rings. The zero-order chi connectivity index (χ0) is 12.8. The van der Waals surface area contributed by atoms with Crippen LogP contribution in [0.3, 0.4) is 0 Å². The smallest absolute Gasteiger partial charge is 0.261 e. The Kier molecular flexibility index (Phi) is 2.70. The third kappa shape index (κ3) is 2.05. The molecule has 1 N–H and O–H groups in total. The summed E-state index contributed by atoms with van der Waals surface area (Å²) in [6.07, 6.45) is 0. The molecule has 0 aliphatic heterocycles. The van der Waals surface area contributed by atoms with Crippen LogP contribution in [-0.2, 0) is 12.5 Å². The zero-order valence-electron chi connectivity index (χ0n) is 10.5. The average Bonchev–Trinajstić information content (AvgIpc) is 2.24. The monoisotopic (exact) mass is 248 g/mol. The van der Waals surface area contributed by atoms with Gasteiger partial charge in [0.25, 0.3) is 5.56 Å². The van der Waals surface area contributed by atoms with Crippen molar-refractivity contribution in [3.8, 4) is 0 Å². The van der Waals surface area contributed by atoms with Gasteiger partial charge in [0.05, 0.1) is 10.9 Å². The zero-order valence-corrected chi connectivity index (χ0v) is 11.3. The number of benzene rings is 1. The van der Waals surface area contributed by atoms with Crippen LogP contribution in [0.4, 0.5) is 0 Å². The fourth-order valence-corrected chi connectivity index (χ4v) is 1.96. The Bertz CT molecular complexity index is 689. The third-order valence-corrected chi connectivity index (χ3v) is 3.34. The van der Waals surface area contributed by atoms with Crippen molar-refractivity contribution in [2.75, 3.05) is 0 Å². The van der Waals surface area contributed by atoms with E-state index in [0.29, 0.717) is 10.2 Å². The van der Waals surface area contributed by atoms with Crippen molar-refractivity contribution in [1.29, 1.82) is 0 Å². The van der Waals surface area contributed by atoms with Gasteiger partial charge in [0, 0.05) is 7.05 Å². The molecule has 0 spiro atoms. The van der Waals surface area contributed by atoms with E-state index in [0.717, 1.165) is 11.1 Å². The molecule has 4 heteroatoms. The first-order valence-electron chi connectivity index (χ1n) is 5.54. The minimum atomic E-state index is -0.0464. The van der Waals surface area contributed by atoms with Gasteiger partial charge in [-0.15, -0.1) is 0 Å². The fraction of sp³-hybridized carbons (Fsp3) is 0.385. The molecule has 0 bridgehead atoms. The van der Waals surface area contributed by atoms with E-state index >= 15 is 0 Å². The summed E-state index contributed by atoms with van der Waals surface area (Å²) in [5, 5.41) is 0.688. The third-order valence-electron chi connectivity index (χ3n) is 2.97. The SMILES string of the molecule is Cn1c(=S)[nH]c2ccc(C(C)(C)C)cc2c1=O. The minimum absolute atomic E-state index is 0.0336. The molecule has 17 heavy (non-hydrogen) atoms. The van der Waals surface area contributed by atoms with Crippen molar-refractivity contribution in [3.05, 3.63) is 38.9 Å². The number of aromatic amines is 1. The number of fused-ring (bicyclic) bond motifs is 1. The number of aromatic nitrogens is 2. The topological polar surface area (TPSA) is 37.8 Å². The van der Waals surface area contributed by atoms with Gasteiger partial charge in [-0.2, -0.15) is 0 Å². The lowest BCUT2D eigenvalue weighted by atomic mass is 9.86. The van der Waals surface area contributed by atoms with Crippen molar-refractivity contribution in [1.82, 2.24) is 9.55 Å². The van der Waals surface area contributed by atoms with Crippen LogP contribution in [-0.4, -0.2) is 9.55 Å². The van der Waals surface area contributed by atoms with Gasteiger partial charge < -0.3 is 4.98 Å². The predicted molar refractivity (Wildman–Crippen MR) is 73.1 cm³/mol. The van der Waals surface area contributed by atoms with Crippen molar-refractivity contribution in [3.63, 3.8) is 0 Å². The Hall–Kier alpha value is -1.42. The summed E-state index contributed by atoms with van der Waals surface area (Å²) in [5.41, 5.74) is 1.93. The van der Waals surface area contributed by atoms with E-state index in [1.54, 1.807) is 7.05 Å². The molecule has 0 unspecified atom stereocenters. The first kappa shape index (κ1) is 12.0. The molecule has 0 saturated carbocycles. The van der Waals surface area contributed by atoms with Gasteiger partial charge in [0.1, 0.15) is 0 Å². The molecule has 0 aliphatic rings. The molecule has 0 aliphatic carbocycles. The van der Waals surface area contributed by atoms with E-state index in [2.05, 4.69) is 25.8 Å². The largest absolute Gasteiger partial charge is 0.332 e. The lowest BCUT2D eigenvalue weighted by molar-refractivity contribution is 0.591. The van der Waals surface area contributed by atoms with E-state index in [9.17, 15) is 4.79 Å². The van der Waals surface area contributed by atoms with Crippen LogP contribution in [0, 0.1) is 4.77 Å². The fourth-order valence-electron chi connectivity index (χ4n) is 1.77. The summed E-state index contributed by atoms with van der Waals surface area (Å²) in [6, 6.07) is 5.91. The van der Waals surface area contributed by atoms with E-state index < -0.39 is 0 Å². The molecule has 3 nitrogen and oxygen atoms in total. The second-order valence-electron chi connectivity index (χ2n) is 5.30. The minimum Gasteiger partial charge on any atom is -0.332 e. The summed E-state index contributed by atoms with van der Waals surface area (Å²) in [4.78, 5) is 15.2. The van der Waals surface area contributed by atoms with E-state index in [-0.39, 0.29) is 11.0 Å². The van der Waals surface area contributed by atoms with Gasteiger partial charge >= 0.3 is 0 Å². The Balaban J connectivity index is 2.88. The van der Waals surface area contributed by atoms with Gasteiger partial charge in [-0.1, -0.05) is 26.8 Å². The molecule has 1 aromatic carbocycles. The molecule has 0 amide bonds. The summed E-state index contributed by atoms with van der Waals surface area (Å²) in [5.74, 6) is 0. The summed E-state index contributed by atoms with van der Waals surface area (Å²) < 4.78 is 1.91. The Morgan fingerprint density at radius 3 is 2.53 bits per heavy atom. The number of nitrogens with zero attached hydrogens (tertiary/aromatic N) is 1. The van der Waals surface area contributed by atoms with Crippen molar-refractivity contribution >= 4 is 23.1 Å². The molecular weight excluding hydrogens is 232 g/mol. The standard InChI is InChI=1S/C13H16N2OS/c1-13(2,3)8-5-6-10-9(7-8)11(16)15(4)12(17)14-10/h5-7H,1-4H3,(H,14,17). The van der Waals surface area contributed by atoms with Crippen LogP contribution in [0.1, 0.15) is 26.3 Å². The van der Waals surface area contributed by atoms with Gasteiger partial charge in [0.15, 0.2) is 4.77 Å². The second-order valence-corrected chi connectivity index (χ2v) is 5.69. The Morgan fingerprint density at radius 2 is 1.94 bits per heavy atom. The van der Waals surface area contributed by atoms with Crippen molar-refractivity contribution < 1.29 is 0 Å².